The summed E-state index contributed by atoms with van der Waals surface area (Å²) in [7, 11) is 0. The van der Waals surface area contributed by atoms with Crippen LogP contribution in [0.25, 0.3) is 10.9 Å². The molecule has 18 heavy (non-hydrogen) atoms. The number of hydrogen-bond acceptors (Lipinski definition) is 0. The first kappa shape index (κ1) is 12.9. The molecular weight excluding hydrogens is 455 g/mol. The molecule has 94 valence electrons. The standard InChI is InChI=1S/C14H12FI2N/c1-14(2)11(16)5-6-18-10-4-3-8(15)7-9(10)12(17)13(14)18/h3-5,7H,6H2,1-2H3. The molecule has 0 fully saturated rings. The van der Waals surface area contributed by atoms with Gasteiger partial charge in [-0.05, 0) is 80.8 Å². The molecule has 1 aromatic carbocycles. The van der Waals surface area contributed by atoms with E-state index in [1.165, 1.54) is 12.8 Å². The number of allylic oxidation sites excluding steroid dienone is 2. The van der Waals surface area contributed by atoms with Gasteiger partial charge in [0.05, 0.1) is 0 Å². The molecule has 4 heteroatoms. The molecule has 0 saturated heterocycles. The first-order valence-electron chi connectivity index (χ1n) is 5.77. The van der Waals surface area contributed by atoms with Crippen molar-refractivity contribution in [2.24, 2.45) is 0 Å². The molecule has 1 aliphatic rings. The molecule has 0 N–H and O–H groups in total. The summed E-state index contributed by atoms with van der Waals surface area (Å²) >= 11 is 4.77. The molecular formula is C14H12FI2N. The summed E-state index contributed by atoms with van der Waals surface area (Å²) in [6.45, 7) is 5.34. The predicted octanol–water partition coefficient (Wildman–Crippen LogP) is 5.00. The average Bonchev–Trinajstić information content (AvgIpc) is 2.59. The smallest absolute Gasteiger partial charge is 0.123 e. The van der Waals surface area contributed by atoms with Crippen molar-refractivity contribution in [3.05, 3.63) is 42.9 Å². The minimum atomic E-state index is -0.163. The summed E-state index contributed by atoms with van der Waals surface area (Å²) < 4.78 is 18.3. The quantitative estimate of drug-likeness (QED) is 0.482. The van der Waals surface area contributed by atoms with Crippen LogP contribution >= 0.6 is 45.2 Å². The van der Waals surface area contributed by atoms with Crippen molar-refractivity contribution in [3.8, 4) is 0 Å². The van der Waals surface area contributed by atoms with E-state index in [1.807, 2.05) is 6.07 Å². The van der Waals surface area contributed by atoms with Crippen LogP contribution in [0.3, 0.4) is 0 Å². The van der Waals surface area contributed by atoms with Crippen LogP contribution in [0.2, 0.25) is 0 Å². The summed E-state index contributed by atoms with van der Waals surface area (Å²) in [5.74, 6) is -0.163. The minimum absolute atomic E-state index is 0.00479. The van der Waals surface area contributed by atoms with Crippen LogP contribution in [0.5, 0.6) is 0 Å². The predicted molar refractivity (Wildman–Crippen MR) is 89.7 cm³/mol. The van der Waals surface area contributed by atoms with Gasteiger partial charge in [-0.25, -0.2) is 4.39 Å². The zero-order valence-electron chi connectivity index (χ0n) is 10.1. The molecule has 1 aromatic heterocycles. The first-order chi connectivity index (χ1) is 8.43. The van der Waals surface area contributed by atoms with Crippen LogP contribution in [0.15, 0.2) is 27.9 Å². The van der Waals surface area contributed by atoms with E-state index in [0.717, 1.165) is 17.4 Å². The summed E-state index contributed by atoms with van der Waals surface area (Å²) in [5, 5.41) is 1.03. The summed E-state index contributed by atoms with van der Waals surface area (Å²) in [6.07, 6.45) is 2.26. The molecule has 0 atom stereocenters. The highest BCUT2D eigenvalue weighted by atomic mass is 127. The van der Waals surface area contributed by atoms with Gasteiger partial charge >= 0.3 is 0 Å². The fourth-order valence-corrected chi connectivity index (χ4v) is 4.48. The van der Waals surface area contributed by atoms with Crippen molar-refractivity contribution in [1.82, 2.24) is 4.57 Å². The molecule has 3 rings (SSSR count). The monoisotopic (exact) mass is 467 g/mol. The van der Waals surface area contributed by atoms with Gasteiger partial charge in [-0.1, -0.05) is 6.08 Å². The van der Waals surface area contributed by atoms with Crippen LogP contribution in [0.4, 0.5) is 4.39 Å². The lowest BCUT2D eigenvalue weighted by Gasteiger charge is -2.31. The van der Waals surface area contributed by atoms with Gasteiger partial charge in [-0.3, -0.25) is 0 Å². The van der Waals surface area contributed by atoms with E-state index in [0.29, 0.717) is 0 Å². The maximum atomic E-state index is 13.4. The highest BCUT2D eigenvalue weighted by Gasteiger charge is 2.34. The van der Waals surface area contributed by atoms with Gasteiger partial charge in [0.1, 0.15) is 5.82 Å². The number of benzene rings is 1. The SMILES string of the molecule is CC1(C)C(I)=CCn2c1c(I)c1cc(F)ccc12. The third-order valence-electron chi connectivity index (χ3n) is 3.61. The van der Waals surface area contributed by atoms with Gasteiger partial charge in [-0.2, -0.15) is 0 Å². The van der Waals surface area contributed by atoms with E-state index in [-0.39, 0.29) is 11.2 Å². The maximum absolute atomic E-state index is 13.4. The van der Waals surface area contributed by atoms with Gasteiger partial charge in [0, 0.05) is 32.1 Å². The van der Waals surface area contributed by atoms with Crippen molar-refractivity contribution in [3.63, 3.8) is 0 Å². The number of nitrogens with zero attached hydrogens (tertiary/aromatic N) is 1. The van der Waals surface area contributed by atoms with Crippen LogP contribution in [0.1, 0.15) is 19.5 Å². The molecule has 0 unspecified atom stereocenters. The Bertz CT molecular complexity index is 683. The highest BCUT2D eigenvalue weighted by Crippen LogP contribution is 2.44. The maximum Gasteiger partial charge on any atom is 0.123 e. The number of rotatable bonds is 0. The molecule has 2 heterocycles. The summed E-state index contributed by atoms with van der Waals surface area (Å²) in [5.41, 5.74) is 2.43. The van der Waals surface area contributed by atoms with E-state index in [1.54, 1.807) is 12.1 Å². The molecule has 1 nitrogen and oxygen atoms in total. The average molecular weight is 467 g/mol. The molecule has 0 radical (unpaired) electrons. The Kier molecular flexibility index (Phi) is 3.01. The molecule has 1 aliphatic heterocycles. The van der Waals surface area contributed by atoms with Gasteiger partial charge in [0.25, 0.3) is 0 Å². The molecule has 0 aliphatic carbocycles. The number of aromatic nitrogens is 1. The Morgan fingerprint density at radius 1 is 1.28 bits per heavy atom. The fourth-order valence-electron chi connectivity index (χ4n) is 2.63. The Hall–Kier alpha value is -0.110. The Morgan fingerprint density at radius 3 is 2.72 bits per heavy atom. The van der Waals surface area contributed by atoms with E-state index < -0.39 is 0 Å². The van der Waals surface area contributed by atoms with Gasteiger partial charge in [-0.15, -0.1) is 0 Å². The third-order valence-corrected chi connectivity index (χ3v) is 6.49. The van der Waals surface area contributed by atoms with Crippen LogP contribution < -0.4 is 0 Å². The highest BCUT2D eigenvalue weighted by molar-refractivity contribution is 14.1. The second-order valence-corrected chi connectivity index (χ2v) is 7.35. The van der Waals surface area contributed by atoms with Crippen LogP contribution in [0, 0.1) is 9.39 Å². The normalized spacial score (nSPS) is 17.7. The Balaban J connectivity index is 2.42. The van der Waals surface area contributed by atoms with E-state index in [2.05, 4.69) is 69.7 Å². The Labute approximate surface area is 133 Å². The largest absolute Gasteiger partial charge is 0.339 e. The third kappa shape index (κ3) is 1.67. The van der Waals surface area contributed by atoms with Crippen LogP contribution in [-0.2, 0) is 12.0 Å². The van der Waals surface area contributed by atoms with Gasteiger partial charge in [0.2, 0.25) is 0 Å². The zero-order chi connectivity index (χ0) is 13.1. The molecule has 2 aromatic rings. The van der Waals surface area contributed by atoms with Crippen molar-refractivity contribution < 1.29 is 4.39 Å². The zero-order valence-corrected chi connectivity index (χ0v) is 14.4. The lowest BCUT2D eigenvalue weighted by atomic mass is 9.87. The first-order valence-corrected chi connectivity index (χ1v) is 7.92. The van der Waals surface area contributed by atoms with Crippen LogP contribution in [-0.4, -0.2) is 4.57 Å². The number of fused-ring (bicyclic) bond motifs is 3. The van der Waals surface area contributed by atoms with Crippen molar-refractivity contribution >= 4 is 56.1 Å². The summed E-state index contributed by atoms with van der Waals surface area (Å²) in [4.78, 5) is 0. The van der Waals surface area contributed by atoms with E-state index >= 15 is 0 Å². The van der Waals surface area contributed by atoms with Crippen molar-refractivity contribution in [1.29, 1.82) is 0 Å². The lowest BCUT2D eigenvalue weighted by molar-refractivity contribution is 0.564. The van der Waals surface area contributed by atoms with E-state index in [4.69, 9.17) is 0 Å². The second-order valence-electron chi connectivity index (χ2n) is 5.11. The molecule has 0 spiro atoms. The number of hydrogen-bond donors (Lipinski definition) is 0. The fraction of sp³-hybridized carbons (Fsp3) is 0.286. The molecule has 0 amide bonds. The minimum Gasteiger partial charge on any atom is -0.339 e. The lowest BCUT2D eigenvalue weighted by Crippen LogP contribution is -2.26. The van der Waals surface area contributed by atoms with Gasteiger partial charge in [0.15, 0.2) is 0 Å². The summed E-state index contributed by atoms with van der Waals surface area (Å²) in [6, 6.07) is 5.08. The van der Waals surface area contributed by atoms with Gasteiger partial charge < -0.3 is 4.57 Å². The van der Waals surface area contributed by atoms with E-state index in [9.17, 15) is 4.39 Å². The number of halogens is 3. The van der Waals surface area contributed by atoms with Crippen molar-refractivity contribution in [2.75, 3.05) is 0 Å². The topological polar surface area (TPSA) is 4.93 Å². The Morgan fingerprint density at radius 2 is 2.00 bits per heavy atom. The van der Waals surface area contributed by atoms with Crippen molar-refractivity contribution in [2.45, 2.75) is 25.8 Å². The second kappa shape index (κ2) is 4.19. The molecule has 0 saturated carbocycles. The molecule has 0 bridgehead atoms.